The molecule has 5 nitrogen and oxygen atoms in total. The molecule has 0 aliphatic carbocycles. The number of nitrogens with zero attached hydrogens (tertiary/aromatic N) is 2. The van der Waals surface area contributed by atoms with E-state index in [0.29, 0.717) is 23.7 Å². The number of amides is 2. The van der Waals surface area contributed by atoms with Crippen molar-refractivity contribution in [1.29, 1.82) is 5.26 Å². The van der Waals surface area contributed by atoms with Gasteiger partial charge in [-0.25, -0.2) is 0 Å². The van der Waals surface area contributed by atoms with Crippen LogP contribution >= 0.6 is 11.8 Å². The van der Waals surface area contributed by atoms with Gasteiger partial charge in [0.2, 0.25) is 5.91 Å². The summed E-state index contributed by atoms with van der Waals surface area (Å²) in [6.07, 6.45) is 1.40. The zero-order valence-electron chi connectivity index (χ0n) is 18.9. The molecule has 0 spiro atoms. The van der Waals surface area contributed by atoms with Gasteiger partial charge in [-0.1, -0.05) is 91.5 Å². The van der Waals surface area contributed by atoms with Crippen LogP contribution in [0.1, 0.15) is 23.6 Å². The molecule has 4 rings (SSSR count). The highest BCUT2D eigenvalue weighted by Gasteiger charge is 2.40. The first-order chi connectivity index (χ1) is 16.6. The molecule has 1 aliphatic heterocycles. The van der Waals surface area contributed by atoms with Crippen LogP contribution in [0.3, 0.4) is 0 Å². The molecule has 0 bridgehead atoms. The zero-order chi connectivity index (χ0) is 23.9. The van der Waals surface area contributed by atoms with Crippen molar-refractivity contribution in [2.45, 2.75) is 31.6 Å². The molecule has 1 N–H and O–H groups in total. The number of anilines is 1. The third kappa shape index (κ3) is 5.22. The van der Waals surface area contributed by atoms with Crippen LogP contribution in [-0.4, -0.2) is 17.1 Å². The van der Waals surface area contributed by atoms with E-state index in [4.69, 9.17) is 0 Å². The normalized spacial score (nSPS) is 16.8. The Kier molecular flexibility index (Phi) is 7.46. The molecule has 1 fully saturated rings. The Hall–Kier alpha value is -3.82. The lowest BCUT2D eigenvalue weighted by Crippen LogP contribution is -2.32. The Morgan fingerprint density at radius 3 is 2.15 bits per heavy atom. The van der Waals surface area contributed by atoms with Crippen LogP contribution in [0.4, 0.5) is 5.69 Å². The van der Waals surface area contributed by atoms with Crippen LogP contribution in [0.25, 0.3) is 0 Å². The number of benzene rings is 3. The molecule has 0 aromatic heterocycles. The van der Waals surface area contributed by atoms with Crippen LogP contribution in [0.2, 0.25) is 0 Å². The summed E-state index contributed by atoms with van der Waals surface area (Å²) < 4.78 is 0. The molecule has 2 amide bonds. The van der Waals surface area contributed by atoms with Crippen LogP contribution in [0.5, 0.6) is 0 Å². The zero-order valence-corrected chi connectivity index (χ0v) is 19.7. The van der Waals surface area contributed by atoms with Gasteiger partial charge < -0.3 is 5.32 Å². The van der Waals surface area contributed by atoms with Crippen molar-refractivity contribution in [3.05, 3.63) is 112 Å². The standard InChI is InChI=1S/C28H25N3O2S/c1-2-20-13-15-23(16-14-20)31-27(33)25(17-21-9-5-3-6-10-21)34-28(31)24(18-29)26(32)30-19-22-11-7-4-8-12-22/h3-16,25H,2,17,19H2,1H3,(H,30,32)/b28-24-. The SMILES string of the molecule is CCc1ccc(N2C(=O)C(Cc3ccccc3)S/C2=C(/C#N)C(=O)NCc2ccccc2)cc1. The van der Waals surface area contributed by atoms with E-state index in [1.807, 2.05) is 84.9 Å². The van der Waals surface area contributed by atoms with Gasteiger partial charge in [0.15, 0.2) is 0 Å². The number of aryl methyl sites for hydroxylation is 1. The van der Waals surface area contributed by atoms with E-state index in [9.17, 15) is 14.9 Å². The van der Waals surface area contributed by atoms with Crippen molar-refractivity contribution < 1.29 is 9.59 Å². The highest BCUT2D eigenvalue weighted by atomic mass is 32.2. The fourth-order valence-corrected chi connectivity index (χ4v) is 5.11. The summed E-state index contributed by atoms with van der Waals surface area (Å²) in [5, 5.41) is 12.7. The Morgan fingerprint density at radius 1 is 0.941 bits per heavy atom. The van der Waals surface area contributed by atoms with E-state index in [1.165, 1.54) is 16.7 Å². The first kappa shape index (κ1) is 23.3. The number of carbonyl (C=O) groups is 2. The van der Waals surface area contributed by atoms with Gasteiger partial charge in [0, 0.05) is 12.2 Å². The maximum absolute atomic E-state index is 13.5. The lowest BCUT2D eigenvalue weighted by molar-refractivity contribution is -0.117. The molecule has 3 aromatic carbocycles. The third-order valence-electron chi connectivity index (χ3n) is 5.67. The fraction of sp³-hybridized carbons (Fsp3) is 0.179. The average molecular weight is 468 g/mol. The van der Waals surface area contributed by atoms with Gasteiger partial charge in [-0.15, -0.1) is 0 Å². The van der Waals surface area contributed by atoms with Gasteiger partial charge in [0.25, 0.3) is 5.91 Å². The second kappa shape index (κ2) is 10.9. The van der Waals surface area contributed by atoms with Crippen molar-refractivity contribution in [2.24, 2.45) is 0 Å². The predicted molar refractivity (Wildman–Crippen MR) is 136 cm³/mol. The molecular formula is C28H25N3O2S. The Morgan fingerprint density at radius 2 is 1.56 bits per heavy atom. The van der Waals surface area contributed by atoms with E-state index in [-0.39, 0.29) is 11.5 Å². The van der Waals surface area contributed by atoms with Crippen LogP contribution in [-0.2, 0) is 29.0 Å². The minimum Gasteiger partial charge on any atom is -0.347 e. The second-order valence-corrected chi connectivity index (χ2v) is 9.14. The summed E-state index contributed by atoms with van der Waals surface area (Å²) in [4.78, 5) is 28.1. The molecule has 1 heterocycles. The summed E-state index contributed by atoms with van der Waals surface area (Å²) >= 11 is 1.28. The highest BCUT2D eigenvalue weighted by molar-refractivity contribution is 8.05. The molecular weight excluding hydrogens is 442 g/mol. The summed E-state index contributed by atoms with van der Waals surface area (Å²) in [6, 6.07) is 29.0. The van der Waals surface area contributed by atoms with E-state index in [0.717, 1.165) is 23.1 Å². The molecule has 34 heavy (non-hydrogen) atoms. The van der Waals surface area contributed by atoms with Crippen molar-refractivity contribution in [3.8, 4) is 6.07 Å². The smallest absolute Gasteiger partial charge is 0.264 e. The number of rotatable bonds is 7. The first-order valence-corrected chi connectivity index (χ1v) is 12.1. The molecule has 1 aliphatic rings. The molecule has 0 saturated carbocycles. The van der Waals surface area contributed by atoms with Gasteiger partial charge >= 0.3 is 0 Å². The molecule has 1 atom stereocenters. The summed E-state index contributed by atoms with van der Waals surface area (Å²) in [7, 11) is 0. The lowest BCUT2D eigenvalue weighted by Gasteiger charge is -2.19. The monoisotopic (exact) mass is 467 g/mol. The molecule has 3 aromatic rings. The Bertz CT molecular complexity index is 1230. The Labute approximate surface area is 204 Å². The lowest BCUT2D eigenvalue weighted by atomic mass is 10.1. The minimum absolute atomic E-state index is 0.0515. The third-order valence-corrected chi connectivity index (χ3v) is 6.93. The first-order valence-electron chi connectivity index (χ1n) is 11.2. The van der Waals surface area contributed by atoms with Crippen molar-refractivity contribution in [3.63, 3.8) is 0 Å². The fourth-order valence-electron chi connectivity index (χ4n) is 3.80. The Balaban J connectivity index is 1.67. The van der Waals surface area contributed by atoms with E-state index < -0.39 is 11.2 Å². The largest absolute Gasteiger partial charge is 0.347 e. The van der Waals surface area contributed by atoms with Gasteiger partial charge in [0.05, 0.1) is 5.25 Å². The van der Waals surface area contributed by atoms with Crippen molar-refractivity contribution in [1.82, 2.24) is 5.32 Å². The van der Waals surface area contributed by atoms with E-state index >= 15 is 0 Å². The van der Waals surface area contributed by atoms with Crippen molar-refractivity contribution >= 4 is 29.3 Å². The van der Waals surface area contributed by atoms with Crippen LogP contribution in [0, 0.1) is 11.3 Å². The number of nitrogens with one attached hydrogen (secondary N) is 1. The van der Waals surface area contributed by atoms with Gasteiger partial charge in [-0.2, -0.15) is 5.26 Å². The predicted octanol–water partition coefficient (Wildman–Crippen LogP) is 4.99. The summed E-state index contributed by atoms with van der Waals surface area (Å²) in [5.74, 6) is -0.617. The molecule has 1 saturated heterocycles. The highest BCUT2D eigenvalue weighted by Crippen LogP contribution is 2.42. The maximum Gasteiger partial charge on any atom is 0.264 e. The minimum atomic E-state index is -0.489. The van der Waals surface area contributed by atoms with Gasteiger partial charge in [0.1, 0.15) is 16.7 Å². The van der Waals surface area contributed by atoms with Crippen molar-refractivity contribution in [2.75, 3.05) is 4.90 Å². The average Bonchev–Trinajstić information content (AvgIpc) is 3.19. The quantitative estimate of drug-likeness (QED) is 0.392. The molecule has 6 heteroatoms. The maximum atomic E-state index is 13.5. The summed E-state index contributed by atoms with van der Waals surface area (Å²) in [5.41, 5.74) is 3.72. The number of hydrogen-bond acceptors (Lipinski definition) is 4. The molecule has 170 valence electrons. The van der Waals surface area contributed by atoms with Gasteiger partial charge in [-0.3, -0.25) is 14.5 Å². The van der Waals surface area contributed by atoms with E-state index in [1.54, 1.807) is 0 Å². The van der Waals surface area contributed by atoms with Crippen LogP contribution in [0.15, 0.2) is 95.5 Å². The number of hydrogen-bond donors (Lipinski definition) is 1. The number of carbonyl (C=O) groups excluding carboxylic acids is 2. The van der Waals surface area contributed by atoms with E-state index in [2.05, 4.69) is 18.3 Å². The molecule has 1 unspecified atom stereocenters. The topological polar surface area (TPSA) is 73.2 Å². The molecule has 0 radical (unpaired) electrons. The van der Waals surface area contributed by atoms with Crippen LogP contribution < -0.4 is 10.2 Å². The number of nitriles is 1. The van der Waals surface area contributed by atoms with Gasteiger partial charge in [-0.05, 0) is 41.7 Å². The number of thioether (sulfide) groups is 1. The summed E-state index contributed by atoms with van der Waals surface area (Å²) in [6.45, 7) is 2.37. The second-order valence-electron chi connectivity index (χ2n) is 7.95.